The van der Waals surface area contributed by atoms with Gasteiger partial charge in [0.2, 0.25) is 0 Å². The Morgan fingerprint density at radius 1 is 1.64 bits per heavy atom. The fourth-order valence-electron chi connectivity index (χ4n) is 0.118. The van der Waals surface area contributed by atoms with Crippen LogP contribution in [-0.4, -0.2) is 48.1 Å². The second-order valence-corrected chi connectivity index (χ2v) is 6.68. The number of carboxylic acid groups (broad SMARTS) is 1. The number of carbonyl (C=O) groups is 1. The van der Waals surface area contributed by atoms with Crippen molar-refractivity contribution < 1.29 is 18.1 Å². The van der Waals surface area contributed by atoms with Crippen molar-refractivity contribution in [2.45, 2.75) is 13.0 Å². The average Bonchev–Trinajstić information content (AvgIpc) is 1.90. The summed E-state index contributed by atoms with van der Waals surface area (Å²) in [6.45, 7) is 1.42. The summed E-state index contributed by atoms with van der Waals surface area (Å²) < 4.78 is 9.56. The summed E-state index contributed by atoms with van der Waals surface area (Å²) in [5.74, 6) is -0.963. The molecule has 0 aliphatic heterocycles. The quantitative estimate of drug-likeness (QED) is 0.467. The van der Waals surface area contributed by atoms with Gasteiger partial charge in [0.15, 0.2) is 0 Å². The van der Waals surface area contributed by atoms with Crippen molar-refractivity contribution in [1.82, 2.24) is 0 Å². The molecule has 0 aromatic rings. The summed E-state index contributed by atoms with van der Waals surface area (Å²) in [6.07, 6.45) is 0. The number of hydrogen-bond donors (Lipinski definition) is 2. The molecule has 0 aromatic carbocycles. The fraction of sp³-hybridized carbons (Fsp3) is 0.667. The molecule has 0 unspecified atom stereocenters. The van der Waals surface area contributed by atoms with Crippen LogP contribution in [0.15, 0.2) is 0 Å². The number of aliphatic carboxylic acids is 1. The second kappa shape index (κ2) is 10.0. The Morgan fingerprint density at radius 3 is 1.91 bits per heavy atom. The lowest BCUT2D eigenvalue weighted by atomic mass is 10.4. The van der Waals surface area contributed by atoms with Crippen molar-refractivity contribution in [1.29, 1.82) is 0 Å². The summed E-state index contributed by atoms with van der Waals surface area (Å²) in [5, 5.41) is 7.87. The monoisotopic (exact) mass is 213 g/mol. The number of nitrogens with two attached hydrogens (primary N) is 1. The van der Waals surface area contributed by atoms with Crippen molar-refractivity contribution in [2.75, 3.05) is 0 Å². The standard InChI is InChI=1S/C3H7NO2.H8O2Si3/c1-2(4)3(5)6;3-1-5-2-4/h2H,4H2,1H3,(H,5,6);5H2,3-4H3/t2-;/m0./s1. The first-order valence-corrected chi connectivity index (χ1v) is 5.81. The van der Waals surface area contributed by atoms with Gasteiger partial charge in [0.05, 0.1) is 0 Å². The third-order valence-electron chi connectivity index (χ3n) is 0.625. The Morgan fingerprint density at radius 2 is 1.91 bits per heavy atom. The van der Waals surface area contributed by atoms with Crippen LogP contribution in [0.2, 0.25) is 0 Å². The van der Waals surface area contributed by atoms with E-state index in [4.69, 9.17) is 19.1 Å². The minimum absolute atomic E-state index is 0.444. The van der Waals surface area contributed by atoms with Crippen LogP contribution in [0, 0.1) is 0 Å². The Labute approximate surface area is 74.4 Å². The van der Waals surface area contributed by atoms with Gasteiger partial charge in [0.25, 0.3) is 10.0 Å². The van der Waals surface area contributed by atoms with Crippen LogP contribution in [0.1, 0.15) is 6.92 Å². The van der Waals surface area contributed by atoms with E-state index in [9.17, 15) is 4.79 Å². The molecule has 68 valence electrons. The molecule has 1 atom stereocenters. The first-order chi connectivity index (χ1) is 5.06. The van der Waals surface area contributed by atoms with Crippen LogP contribution in [0.25, 0.3) is 0 Å². The summed E-state index contributed by atoms with van der Waals surface area (Å²) in [6, 6.07) is -0.731. The van der Waals surface area contributed by atoms with Crippen LogP contribution in [-0.2, 0) is 13.0 Å². The maximum atomic E-state index is 9.57. The van der Waals surface area contributed by atoms with Crippen molar-refractivity contribution in [3.8, 4) is 0 Å². The highest BCUT2D eigenvalue weighted by atomic mass is 28.3. The van der Waals surface area contributed by atoms with Gasteiger partial charge in [0.1, 0.15) is 27.0 Å². The van der Waals surface area contributed by atoms with Crippen molar-refractivity contribution in [3.63, 3.8) is 0 Å². The van der Waals surface area contributed by atoms with Crippen LogP contribution in [0.5, 0.6) is 0 Å². The van der Waals surface area contributed by atoms with Crippen molar-refractivity contribution in [3.05, 3.63) is 0 Å². The maximum Gasteiger partial charge on any atom is 0.320 e. The predicted molar refractivity (Wildman–Crippen MR) is 51.9 cm³/mol. The number of rotatable bonds is 3. The molecule has 0 fully saturated rings. The highest BCUT2D eigenvalue weighted by Crippen LogP contribution is 1.68. The minimum atomic E-state index is -0.963. The van der Waals surface area contributed by atoms with E-state index >= 15 is 0 Å². The van der Waals surface area contributed by atoms with E-state index in [1.807, 2.05) is 0 Å². The highest BCUT2D eigenvalue weighted by Gasteiger charge is 1.99. The van der Waals surface area contributed by atoms with Gasteiger partial charge in [-0.05, 0) is 6.92 Å². The third-order valence-corrected chi connectivity index (χ3v) is 2.51. The van der Waals surface area contributed by atoms with Gasteiger partial charge < -0.3 is 19.1 Å². The largest absolute Gasteiger partial charge is 0.480 e. The van der Waals surface area contributed by atoms with Gasteiger partial charge >= 0.3 is 5.97 Å². The normalized spacial score (nSPS) is 12.9. The zero-order valence-corrected chi connectivity index (χ0v) is 12.4. The number of hydrogen-bond acceptors (Lipinski definition) is 4. The lowest BCUT2D eigenvalue weighted by Crippen LogP contribution is -2.25. The molecule has 0 aliphatic rings. The lowest BCUT2D eigenvalue weighted by Gasteiger charge is -1.90. The van der Waals surface area contributed by atoms with E-state index < -0.39 is 22.0 Å². The van der Waals surface area contributed by atoms with Crippen molar-refractivity contribution >= 4 is 36.9 Å². The maximum absolute atomic E-state index is 9.57. The predicted octanol–water partition coefficient (Wildman–Crippen LogP) is -4.00. The van der Waals surface area contributed by atoms with Gasteiger partial charge in [-0.2, -0.15) is 0 Å². The molecule has 11 heavy (non-hydrogen) atoms. The van der Waals surface area contributed by atoms with Gasteiger partial charge in [0, 0.05) is 0 Å². The molecule has 0 aromatic heterocycles. The topological polar surface area (TPSA) is 81.8 Å². The second-order valence-electron chi connectivity index (χ2n) is 1.82. The Hall–Kier alpha value is 0.000649. The third kappa shape index (κ3) is 17.8. The summed E-state index contributed by atoms with van der Waals surface area (Å²) >= 11 is 0. The lowest BCUT2D eigenvalue weighted by molar-refractivity contribution is -0.138. The Bertz CT molecular complexity index is 98.6. The average molecular weight is 213 g/mol. The Kier molecular flexibility index (Phi) is 12.3. The van der Waals surface area contributed by atoms with E-state index in [1.54, 1.807) is 0 Å². The molecule has 0 heterocycles. The molecule has 0 rings (SSSR count). The van der Waals surface area contributed by atoms with Crippen LogP contribution >= 0.6 is 0 Å². The minimum Gasteiger partial charge on any atom is -0.480 e. The molecule has 0 spiro atoms. The smallest absolute Gasteiger partial charge is 0.320 e. The first-order valence-electron chi connectivity index (χ1n) is 3.02. The van der Waals surface area contributed by atoms with E-state index in [2.05, 4.69) is 0 Å². The highest BCUT2D eigenvalue weighted by molar-refractivity contribution is 6.33. The zero-order chi connectivity index (χ0) is 9.28. The molecule has 0 saturated heterocycles. The van der Waals surface area contributed by atoms with E-state index in [1.165, 1.54) is 6.92 Å². The molecule has 0 bridgehead atoms. The van der Waals surface area contributed by atoms with Crippen molar-refractivity contribution in [2.24, 2.45) is 5.73 Å². The Balaban J connectivity index is 0. The van der Waals surface area contributed by atoms with Crippen LogP contribution in [0.4, 0.5) is 0 Å². The zero-order valence-electron chi connectivity index (χ0n) is 7.03. The van der Waals surface area contributed by atoms with Crippen LogP contribution < -0.4 is 5.73 Å². The molecular formula is C3H15NO4Si3. The molecule has 8 heteroatoms. The molecule has 5 nitrogen and oxygen atoms in total. The molecule has 0 amide bonds. The summed E-state index contributed by atoms with van der Waals surface area (Å²) in [5.41, 5.74) is 4.84. The molecular weight excluding hydrogens is 198 g/mol. The van der Waals surface area contributed by atoms with Gasteiger partial charge in [-0.1, -0.05) is 0 Å². The first kappa shape index (κ1) is 13.6. The van der Waals surface area contributed by atoms with E-state index in [0.717, 1.165) is 21.0 Å². The summed E-state index contributed by atoms with van der Waals surface area (Å²) in [7, 11) is 1.27. The SMILES string of the molecule is C[C@H](N)C(=O)O.[SiH3]O[SiH2]O[SiH3]. The number of carboxylic acids is 1. The molecule has 0 aliphatic carbocycles. The molecule has 0 radical (unpaired) electrons. The van der Waals surface area contributed by atoms with Gasteiger partial charge in [-0.25, -0.2) is 0 Å². The molecule has 3 N–H and O–H groups in total. The van der Waals surface area contributed by atoms with E-state index in [0.29, 0.717) is 0 Å². The van der Waals surface area contributed by atoms with E-state index in [-0.39, 0.29) is 0 Å². The van der Waals surface area contributed by atoms with Gasteiger partial charge in [-0.3, -0.25) is 4.79 Å². The van der Waals surface area contributed by atoms with Crippen LogP contribution in [0.3, 0.4) is 0 Å². The van der Waals surface area contributed by atoms with Gasteiger partial charge in [-0.15, -0.1) is 0 Å². The molecule has 0 saturated carbocycles. The fourth-order valence-corrected chi connectivity index (χ4v) is 3.18. The summed E-state index contributed by atoms with van der Waals surface area (Å²) in [4.78, 5) is 9.57.